The van der Waals surface area contributed by atoms with Gasteiger partial charge in [0.05, 0.1) is 5.38 Å². The molecule has 2 rings (SSSR count). The van der Waals surface area contributed by atoms with Gasteiger partial charge in [-0.1, -0.05) is 12.1 Å². The number of hydrogen-bond donors (Lipinski definition) is 1. The van der Waals surface area contributed by atoms with Crippen LogP contribution in [-0.4, -0.2) is 16.3 Å². The second-order valence-corrected chi connectivity index (χ2v) is 4.35. The van der Waals surface area contributed by atoms with Crippen LogP contribution in [0, 0.1) is 0 Å². The number of ether oxygens (including phenoxy) is 1. The lowest BCUT2D eigenvalue weighted by molar-refractivity contribution is -0.274. The topological polar surface area (TPSA) is 37.9 Å². The first kappa shape index (κ1) is 13.7. The van der Waals surface area contributed by atoms with Crippen LogP contribution in [0.4, 0.5) is 13.2 Å². The summed E-state index contributed by atoms with van der Waals surface area (Å²) < 4.78 is 39.8. The molecule has 0 aliphatic carbocycles. The first-order valence-electron chi connectivity index (χ1n) is 5.42. The number of rotatable bonds is 4. The van der Waals surface area contributed by atoms with Crippen molar-refractivity contribution >= 4 is 11.6 Å². The molecule has 0 saturated heterocycles. The summed E-state index contributed by atoms with van der Waals surface area (Å²) >= 11 is 6.16. The van der Waals surface area contributed by atoms with Crippen molar-refractivity contribution in [2.45, 2.75) is 18.2 Å². The van der Waals surface area contributed by atoms with E-state index in [1.165, 1.54) is 24.3 Å². The summed E-state index contributed by atoms with van der Waals surface area (Å²) in [5, 5.41) is -0.369. The van der Waals surface area contributed by atoms with Crippen molar-refractivity contribution in [3.05, 3.63) is 48.0 Å². The van der Waals surface area contributed by atoms with Crippen LogP contribution in [0.15, 0.2) is 36.7 Å². The Hall–Kier alpha value is -1.69. The van der Waals surface area contributed by atoms with E-state index in [-0.39, 0.29) is 11.1 Å². The Balaban J connectivity index is 2.01. The first-order valence-corrected chi connectivity index (χ1v) is 5.86. The first-order chi connectivity index (χ1) is 8.94. The van der Waals surface area contributed by atoms with E-state index in [2.05, 4.69) is 14.7 Å². The summed E-state index contributed by atoms with van der Waals surface area (Å²) in [7, 11) is 0. The molecule has 1 heterocycles. The average molecular weight is 291 g/mol. The van der Waals surface area contributed by atoms with Gasteiger partial charge < -0.3 is 9.72 Å². The van der Waals surface area contributed by atoms with Crippen LogP contribution in [0.3, 0.4) is 0 Å². The Morgan fingerprint density at radius 3 is 2.47 bits per heavy atom. The molecule has 1 N–H and O–H groups in total. The minimum absolute atomic E-state index is 0.266. The fourth-order valence-electron chi connectivity index (χ4n) is 1.58. The highest BCUT2D eigenvalue weighted by Crippen LogP contribution is 2.28. The van der Waals surface area contributed by atoms with Crippen molar-refractivity contribution in [3.63, 3.8) is 0 Å². The molecule has 1 aromatic heterocycles. The molecule has 0 aliphatic rings. The number of H-pyrrole nitrogens is 1. The van der Waals surface area contributed by atoms with E-state index in [1.807, 2.05) is 0 Å². The standard InChI is InChI=1S/C12H10ClF3N2O/c13-10(7-11-17-5-6-18-11)8-1-3-9(4-2-8)19-12(14,15)16/h1-6,10H,7H2,(H,17,18). The SMILES string of the molecule is FC(F)(F)Oc1ccc(C(Cl)Cc2ncc[nH]2)cc1. The molecule has 0 bridgehead atoms. The predicted molar refractivity (Wildman–Crippen MR) is 64.0 cm³/mol. The van der Waals surface area contributed by atoms with Crippen LogP contribution >= 0.6 is 11.6 Å². The summed E-state index contributed by atoms with van der Waals surface area (Å²) in [5.74, 6) is 0.453. The minimum atomic E-state index is -4.68. The summed E-state index contributed by atoms with van der Waals surface area (Å²) in [5.41, 5.74) is 0.701. The highest BCUT2D eigenvalue weighted by Gasteiger charge is 2.31. The van der Waals surface area contributed by atoms with E-state index < -0.39 is 6.36 Å². The monoisotopic (exact) mass is 290 g/mol. The molecule has 2 aromatic rings. The lowest BCUT2D eigenvalue weighted by atomic mass is 10.1. The number of alkyl halides is 4. The number of imidazole rings is 1. The van der Waals surface area contributed by atoms with E-state index in [0.29, 0.717) is 12.0 Å². The van der Waals surface area contributed by atoms with Crippen molar-refractivity contribution in [3.8, 4) is 5.75 Å². The van der Waals surface area contributed by atoms with Crippen LogP contribution in [-0.2, 0) is 6.42 Å². The van der Waals surface area contributed by atoms with Crippen molar-refractivity contribution in [1.29, 1.82) is 0 Å². The zero-order valence-corrected chi connectivity index (χ0v) is 10.4. The van der Waals surface area contributed by atoms with Gasteiger partial charge in [-0.2, -0.15) is 0 Å². The van der Waals surface area contributed by atoms with Gasteiger partial charge in [-0.3, -0.25) is 0 Å². The average Bonchev–Trinajstić information content (AvgIpc) is 2.80. The van der Waals surface area contributed by atoms with Crippen LogP contribution in [0.1, 0.15) is 16.8 Å². The van der Waals surface area contributed by atoms with Gasteiger partial charge in [0.2, 0.25) is 0 Å². The summed E-state index contributed by atoms with van der Waals surface area (Å²) in [6.45, 7) is 0. The number of hydrogen-bond acceptors (Lipinski definition) is 2. The summed E-state index contributed by atoms with van der Waals surface area (Å²) in [6, 6.07) is 5.48. The maximum Gasteiger partial charge on any atom is 0.573 e. The Kier molecular flexibility index (Phi) is 3.99. The van der Waals surface area contributed by atoms with E-state index in [0.717, 1.165) is 5.82 Å². The van der Waals surface area contributed by atoms with E-state index >= 15 is 0 Å². The van der Waals surface area contributed by atoms with Gasteiger partial charge >= 0.3 is 6.36 Å². The maximum atomic E-state index is 12.0. The molecule has 1 aromatic carbocycles. The summed E-state index contributed by atoms with van der Waals surface area (Å²) in [6.07, 6.45) is -0.928. The molecule has 0 spiro atoms. The lowest BCUT2D eigenvalue weighted by Crippen LogP contribution is -2.17. The third-order valence-electron chi connectivity index (χ3n) is 2.40. The van der Waals surface area contributed by atoms with Crippen LogP contribution in [0.2, 0.25) is 0 Å². The Labute approximate surface area is 112 Å². The van der Waals surface area contributed by atoms with Crippen LogP contribution in [0.25, 0.3) is 0 Å². The number of aromatic amines is 1. The Bertz CT molecular complexity index is 511. The highest BCUT2D eigenvalue weighted by molar-refractivity contribution is 6.20. The number of nitrogens with one attached hydrogen (secondary N) is 1. The van der Waals surface area contributed by atoms with Crippen LogP contribution < -0.4 is 4.74 Å². The molecule has 0 fully saturated rings. The third kappa shape index (κ3) is 4.17. The molecule has 0 amide bonds. The van der Waals surface area contributed by atoms with Crippen molar-refractivity contribution in [1.82, 2.24) is 9.97 Å². The molecule has 0 aliphatic heterocycles. The molecule has 0 radical (unpaired) electrons. The van der Waals surface area contributed by atoms with E-state index in [1.54, 1.807) is 12.4 Å². The molecular weight excluding hydrogens is 281 g/mol. The van der Waals surface area contributed by atoms with Gasteiger partial charge in [0.1, 0.15) is 11.6 Å². The second-order valence-electron chi connectivity index (χ2n) is 3.82. The predicted octanol–water partition coefficient (Wildman–Crippen LogP) is 3.83. The molecule has 0 saturated carbocycles. The van der Waals surface area contributed by atoms with Gasteiger partial charge in [-0.15, -0.1) is 24.8 Å². The normalized spacial score (nSPS) is 13.3. The Morgan fingerprint density at radius 2 is 1.95 bits per heavy atom. The minimum Gasteiger partial charge on any atom is -0.406 e. The van der Waals surface area contributed by atoms with Crippen molar-refractivity contribution < 1.29 is 17.9 Å². The third-order valence-corrected chi connectivity index (χ3v) is 2.81. The number of nitrogens with zero attached hydrogens (tertiary/aromatic N) is 1. The van der Waals surface area contributed by atoms with Crippen molar-refractivity contribution in [2.75, 3.05) is 0 Å². The molecule has 3 nitrogen and oxygen atoms in total. The van der Waals surface area contributed by atoms with Gasteiger partial charge in [-0.05, 0) is 17.7 Å². The molecule has 102 valence electrons. The molecule has 1 unspecified atom stereocenters. The number of aromatic nitrogens is 2. The molecular formula is C12H10ClF3N2O. The zero-order valence-electron chi connectivity index (χ0n) is 9.62. The van der Waals surface area contributed by atoms with Crippen LogP contribution in [0.5, 0.6) is 5.75 Å². The van der Waals surface area contributed by atoms with E-state index in [4.69, 9.17) is 11.6 Å². The van der Waals surface area contributed by atoms with Gasteiger partial charge in [-0.25, -0.2) is 4.98 Å². The largest absolute Gasteiger partial charge is 0.573 e. The smallest absolute Gasteiger partial charge is 0.406 e. The quantitative estimate of drug-likeness (QED) is 0.869. The highest BCUT2D eigenvalue weighted by atomic mass is 35.5. The zero-order chi connectivity index (χ0) is 13.9. The molecule has 1 atom stereocenters. The maximum absolute atomic E-state index is 12.0. The molecule has 19 heavy (non-hydrogen) atoms. The lowest BCUT2D eigenvalue weighted by Gasteiger charge is -2.11. The molecule has 7 heteroatoms. The van der Waals surface area contributed by atoms with Gasteiger partial charge in [0.15, 0.2) is 0 Å². The van der Waals surface area contributed by atoms with Gasteiger partial charge in [0, 0.05) is 18.8 Å². The Morgan fingerprint density at radius 1 is 1.26 bits per heavy atom. The van der Waals surface area contributed by atoms with Gasteiger partial charge in [0.25, 0.3) is 0 Å². The fraction of sp³-hybridized carbons (Fsp3) is 0.250. The van der Waals surface area contributed by atoms with E-state index in [9.17, 15) is 13.2 Å². The summed E-state index contributed by atoms with van der Waals surface area (Å²) in [4.78, 5) is 6.95. The second kappa shape index (κ2) is 5.52. The number of benzene rings is 1. The fourth-order valence-corrected chi connectivity index (χ4v) is 1.87. The van der Waals surface area contributed by atoms with Crippen molar-refractivity contribution in [2.24, 2.45) is 0 Å². The number of halogens is 4.